The molecule has 0 rings (SSSR count). The smallest absolute Gasteiger partial charge is 0.370 e. The summed E-state index contributed by atoms with van der Waals surface area (Å²) in [4.78, 5) is 5.27. The Morgan fingerprint density at radius 1 is 1.32 bits per heavy atom. The molecule has 0 fully saturated rings. The molecule has 0 atom stereocenters. The molecule has 0 aromatic heterocycles. The second-order valence-electron chi connectivity index (χ2n) is 4.25. The van der Waals surface area contributed by atoms with Crippen molar-refractivity contribution in [2.45, 2.75) is 32.4 Å². The van der Waals surface area contributed by atoms with Gasteiger partial charge in [0.05, 0.1) is 6.54 Å². The minimum atomic E-state index is -4.14. The van der Waals surface area contributed by atoms with Gasteiger partial charge in [0, 0.05) is 13.1 Å². The van der Waals surface area contributed by atoms with Crippen molar-refractivity contribution in [3.8, 4) is 0 Å². The molecular weight excluding hydrogens is 372 g/mol. The Balaban J connectivity index is 0. The van der Waals surface area contributed by atoms with Crippen LogP contribution in [0, 0.1) is 0 Å². The normalized spacial score (nSPS) is 12.4. The van der Waals surface area contributed by atoms with Crippen molar-refractivity contribution in [1.29, 1.82) is 0 Å². The lowest BCUT2D eigenvalue weighted by atomic mass is 10.3. The van der Waals surface area contributed by atoms with Crippen molar-refractivity contribution in [2.24, 2.45) is 10.7 Å². The second kappa shape index (κ2) is 11.6. The summed E-state index contributed by atoms with van der Waals surface area (Å²) in [6.07, 6.45) is -1.49. The summed E-state index contributed by atoms with van der Waals surface area (Å²) in [7, 11) is 1.44. The third-order valence-corrected chi connectivity index (χ3v) is 2.27. The molecule has 0 bridgehead atoms. The van der Waals surface area contributed by atoms with Gasteiger partial charge in [-0.2, -0.15) is 13.2 Å². The Labute approximate surface area is 130 Å². The van der Waals surface area contributed by atoms with E-state index in [0.29, 0.717) is 25.5 Å². The molecule has 0 saturated heterocycles. The van der Waals surface area contributed by atoms with E-state index in [1.54, 1.807) is 0 Å². The standard InChI is InChI=1S/C11H23F3N4.HI/c1-3-4-6-16-10(15)17-7-5-8-18(2)9-11(12,13)14;/h3-9H2,1-2H3,(H3,15,16,17);1H. The highest BCUT2D eigenvalue weighted by Gasteiger charge is 2.28. The molecule has 0 aromatic carbocycles. The van der Waals surface area contributed by atoms with Crippen LogP contribution in [0.25, 0.3) is 0 Å². The van der Waals surface area contributed by atoms with Crippen LogP contribution in [0.15, 0.2) is 4.99 Å². The SMILES string of the molecule is CCCCNC(N)=NCCCN(C)CC(F)(F)F.I. The van der Waals surface area contributed by atoms with E-state index in [-0.39, 0.29) is 24.0 Å². The largest absolute Gasteiger partial charge is 0.401 e. The molecule has 19 heavy (non-hydrogen) atoms. The van der Waals surface area contributed by atoms with Gasteiger partial charge in [-0.25, -0.2) is 0 Å². The molecule has 4 nitrogen and oxygen atoms in total. The third-order valence-electron chi connectivity index (χ3n) is 2.27. The minimum absolute atomic E-state index is 0. The van der Waals surface area contributed by atoms with Gasteiger partial charge in [-0.3, -0.25) is 9.89 Å². The molecule has 0 saturated carbocycles. The van der Waals surface area contributed by atoms with Crippen LogP contribution in [0.1, 0.15) is 26.2 Å². The lowest BCUT2D eigenvalue weighted by Crippen LogP contribution is -2.33. The van der Waals surface area contributed by atoms with Gasteiger partial charge in [-0.15, -0.1) is 24.0 Å². The number of guanidine groups is 1. The van der Waals surface area contributed by atoms with Crippen LogP contribution in [0.3, 0.4) is 0 Å². The maximum Gasteiger partial charge on any atom is 0.401 e. The predicted octanol–water partition coefficient (Wildman–Crippen LogP) is 2.19. The highest BCUT2D eigenvalue weighted by molar-refractivity contribution is 14.0. The van der Waals surface area contributed by atoms with E-state index in [0.717, 1.165) is 19.4 Å². The third kappa shape index (κ3) is 15.7. The van der Waals surface area contributed by atoms with Gasteiger partial charge in [0.1, 0.15) is 0 Å². The van der Waals surface area contributed by atoms with Gasteiger partial charge < -0.3 is 11.1 Å². The number of hydrogen-bond donors (Lipinski definition) is 2. The Hall–Kier alpha value is -0.250. The highest BCUT2D eigenvalue weighted by atomic mass is 127. The number of hydrogen-bond acceptors (Lipinski definition) is 2. The predicted molar refractivity (Wildman–Crippen MR) is 83.0 cm³/mol. The van der Waals surface area contributed by atoms with Crippen molar-refractivity contribution < 1.29 is 13.2 Å². The fourth-order valence-electron chi connectivity index (χ4n) is 1.37. The first kappa shape index (κ1) is 21.1. The Bertz CT molecular complexity index is 247. The first-order chi connectivity index (χ1) is 8.35. The minimum Gasteiger partial charge on any atom is -0.370 e. The molecule has 0 heterocycles. The van der Waals surface area contributed by atoms with Crippen molar-refractivity contribution in [3.63, 3.8) is 0 Å². The summed E-state index contributed by atoms with van der Waals surface area (Å²) < 4.78 is 36.1. The Morgan fingerprint density at radius 2 is 1.95 bits per heavy atom. The topological polar surface area (TPSA) is 53.6 Å². The molecule has 0 aromatic rings. The first-order valence-electron chi connectivity index (χ1n) is 6.14. The summed E-state index contributed by atoms with van der Waals surface area (Å²) in [6.45, 7) is 2.75. The van der Waals surface area contributed by atoms with Crippen LogP contribution in [0.2, 0.25) is 0 Å². The van der Waals surface area contributed by atoms with Crippen molar-refractivity contribution in [2.75, 3.05) is 33.2 Å². The molecule has 0 aliphatic heterocycles. The summed E-state index contributed by atoms with van der Waals surface area (Å²) in [6, 6.07) is 0. The average Bonchev–Trinajstić information content (AvgIpc) is 2.22. The number of alkyl halides is 3. The molecule has 3 N–H and O–H groups in total. The molecule has 0 spiro atoms. The zero-order valence-corrected chi connectivity index (χ0v) is 13.8. The molecule has 0 radical (unpaired) electrons. The molecule has 8 heteroatoms. The van der Waals surface area contributed by atoms with Crippen LogP contribution in [-0.2, 0) is 0 Å². The number of halogens is 4. The van der Waals surface area contributed by atoms with E-state index in [9.17, 15) is 13.2 Å². The summed E-state index contributed by atoms with van der Waals surface area (Å²) in [5.74, 6) is 0.363. The van der Waals surface area contributed by atoms with Gasteiger partial charge in [-0.05, 0) is 26.4 Å². The summed E-state index contributed by atoms with van der Waals surface area (Å²) >= 11 is 0. The van der Waals surface area contributed by atoms with E-state index in [1.165, 1.54) is 11.9 Å². The van der Waals surface area contributed by atoms with Crippen molar-refractivity contribution in [1.82, 2.24) is 10.2 Å². The van der Waals surface area contributed by atoms with Gasteiger partial charge in [0.15, 0.2) is 5.96 Å². The van der Waals surface area contributed by atoms with Crippen molar-refractivity contribution in [3.05, 3.63) is 0 Å². The van der Waals surface area contributed by atoms with Gasteiger partial charge >= 0.3 is 6.18 Å². The van der Waals surface area contributed by atoms with Crippen LogP contribution in [0.5, 0.6) is 0 Å². The number of unbranched alkanes of at least 4 members (excludes halogenated alkanes) is 1. The van der Waals surface area contributed by atoms with E-state index in [4.69, 9.17) is 5.73 Å². The van der Waals surface area contributed by atoms with E-state index < -0.39 is 12.7 Å². The Morgan fingerprint density at radius 3 is 2.47 bits per heavy atom. The highest BCUT2D eigenvalue weighted by Crippen LogP contribution is 2.15. The number of rotatable bonds is 8. The second-order valence-corrected chi connectivity index (χ2v) is 4.25. The molecule has 0 amide bonds. The van der Waals surface area contributed by atoms with Crippen LogP contribution in [0.4, 0.5) is 13.2 Å². The van der Waals surface area contributed by atoms with E-state index in [2.05, 4.69) is 17.2 Å². The van der Waals surface area contributed by atoms with E-state index in [1.807, 2.05) is 0 Å². The first-order valence-corrected chi connectivity index (χ1v) is 6.14. The lowest BCUT2D eigenvalue weighted by Gasteiger charge is -2.17. The van der Waals surface area contributed by atoms with Gasteiger partial charge in [0.2, 0.25) is 0 Å². The monoisotopic (exact) mass is 396 g/mol. The number of aliphatic imine (C=N–C) groups is 1. The van der Waals surface area contributed by atoms with Crippen LogP contribution in [-0.4, -0.2) is 50.3 Å². The molecular formula is C11H24F3IN4. The van der Waals surface area contributed by atoms with Gasteiger partial charge in [0.25, 0.3) is 0 Å². The van der Waals surface area contributed by atoms with Gasteiger partial charge in [-0.1, -0.05) is 13.3 Å². The number of nitrogens with one attached hydrogen (secondary N) is 1. The fraction of sp³-hybridized carbons (Fsp3) is 0.909. The zero-order chi connectivity index (χ0) is 14.0. The van der Waals surface area contributed by atoms with Crippen LogP contribution >= 0.6 is 24.0 Å². The van der Waals surface area contributed by atoms with E-state index >= 15 is 0 Å². The fourth-order valence-corrected chi connectivity index (χ4v) is 1.37. The molecule has 0 aliphatic carbocycles. The van der Waals surface area contributed by atoms with Crippen LogP contribution < -0.4 is 11.1 Å². The zero-order valence-electron chi connectivity index (χ0n) is 11.5. The quantitative estimate of drug-likeness (QED) is 0.286. The molecule has 116 valence electrons. The molecule has 0 unspecified atom stereocenters. The maximum atomic E-state index is 12.0. The molecule has 0 aliphatic rings. The maximum absolute atomic E-state index is 12.0. The lowest BCUT2D eigenvalue weighted by molar-refractivity contribution is -0.143. The number of nitrogens with two attached hydrogens (primary N) is 1. The summed E-state index contributed by atoms with van der Waals surface area (Å²) in [5, 5.41) is 2.94. The number of nitrogens with zero attached hydrogens (tertiary/aromatic N) is 2. The Kier molecular flexibility index (Phi) is 12.8. The summed E-state index contributed by atoms with van der Waals surface area (Å²) in [5.41, 5.74) is 5.58. The average molecular weight is 396 g/mol. The van der Waals surface area contributed by atoms with Crippen molar-refractivity contribution >= 4 is 29.9 Å².